The van der Waals surface area contributed by atoms with Crippen molar-refractivity contribution >= 4 is 5.97 Å². The third kappa shape index (κ3) is 1.50. The van der Waals surface area contributed by atoms with E-state index in [-0.39, 0.29) is 5.70 Å². The lowest BCUT2D eigenvalue weighted by molar-refractivity contribution is -0.419. The molecule has 0 spiro atoms. The van der Waals surface area contributed by atoms with Crippen LogP contribution in [0.4, 0.5) is 0 Å². The molecule has 14 heavy (non-hydrogen) atoms. The summed E-state index contributed by atoms with van der Waals surface area (Å²) in [5.41, 5.74) is 8.82. The van der Waals surface area contributed by atoms with E-state index in [2.05, 4.69) is 0 Å². The molecule has 2 unspecified atom stereocenters. The molecule has 0 radical (unpaired) electrons. The van der Waals surface area contributed by atoms with Crippen LogP contribution in [0.1, 0.15) is 0 Å². The number of aliphatic carboxylic acids is 1. The van der Waals surface area contributed by atoms with Gasteiger partial charge in [-0.3, -0.25) is 10.1 Å². The van der Waals surface area contributed by atoms with E-state index in [0.717, 1.165) is 18.2 Å². The Labute approximate surface area is 78.8 Å². The van der Waals surface area contributed by atoms with Crippen LogP contribution in [-0.2, 0) is 4.79 Å². The summed E-state index contributed by atoms with van der Waals surface area (Å²) in [5, 5.41) is 19.1. The van der Waals surface area contributed by atoms with Crippen molar-refractivity contribution in [1.82, 2.24) is 0 Å². The van der Waals surface area contributed by atoms with Gasteiger partial charge < -0.3 is 16.6 Å². The maximum atomic E-state index is 10.7. The van der Waals surface area contributed by atoms with Crippen LogP contribution in [0.5, 0.6) is 0 Å². The first-order valence-corrected chi connectivity index (χ1v) is 3.71. The number of carbonyl (C=O) groups is 1. The Balaban J connectivity index is 3.02. The molecule has 76 valence electrons. The van der Waals surface area contributed by atoms with Gasteiger partial charge in [0.2, 0.25) is 0 Å². The number of nitrogens with zero attached hydrogens (tertiary/aromatic N) is 1. The highest BCUT2D eigenvalue weighted by Gasteiger charge is 2.40. The molecule has 0 aromatic carbocycles. The Hall–Kier alpha value is -1.73. The number of carboxylic acid groups (broad SMARTS) is 1. The van der Waals surface area contributed by atoms with Crippen LogP contribution in [0.25, 0.3) is 0 Å². The molecule has 0 bridgehead atoms. The van der Waals surface area contributed by atoms with Crippen molar-refractivity contribution in [3.8, 4) is 0 Å². The molecule has 0 saturated carbocycles. The van der Waals surface area contributed by atoms with Gasteiger partial charge in [0.15, 0.2) is 5.54 Å². The van der Waals surface area contributed by atoms with Crippen molar-refractivity contribution in [2.75, 3.05) is 0 Å². The summed E-state index contributed by atoms with van der Waals surface area (Å²) in [4.78, 5) is 20.4. The molecule has 0 fully saturated rings. The van der Waals surface area contributed by atoms with Crippen LogP contribution in [0.2, 0.25) is 0 Å². The highest BCUT2D eigenvalue weighted by molar-refractivity contribution is 5.83. The van der Waals surface area contributed by atoms with Crippen LogP contribution >= 0.6 is 0 Å². The van der Waals surface area contributed by atoms with Gasteiger partial charge in [-0.1, -0.05) is 0 Å². The molecule has 1 aliphatic carbocycles. The molecule has 5 N–H and O–H groups in total. The minimum atomic E-state index is -1.76. The Morgan fingerprint density at radius 2 is 2.29 bits per heavy atom. The van der Waals surface area contributed by atoms with Gasteiger partial charge in [0.25, 0.3) is 5.70 Å². The summed E-state index contributed by atoms with van der Waals surface area (Å²) in [6.45, 7) is 0. The Kier molecular flexibility index (Phi) is 2.37. The average Bonchev–Trinajstić information content (AvgIpc) is 2.09. The molecule has 1 aliphatic rings. The van der Waals surface area contributed by atoms with E-state index in [9.17, 15) is 14.9 Å². The topological polar surface area (TPSA) is 132 Å². The van der Waals surface area contributed by atoms with E-state index in [0.29, 0.717) is 0 Å². The van der Waals surface area contributed by atoms with Gasteiger partial charge in [-0.25, -0.2) is 4.79 Å². The third-order valence-electron chi connectivity index (χ3n) is 2.01. The summed E-state index contributed by atoms with van der Waals surface area (Å²) in [5.74, 6) is -1.32. The number of hydrogen-bond donors (Lipinski definition) is 3. The second-order valence-corrected chi connectivity index (χ2v) is 2.95. The number of carboxylic acids is 1. The third-order valence-corrected chi connectivity index (χ3v) is 2.01. The Morgan fingerprint density at radius 1 is 1.71 bits per heavy atom. The van der Waals surface area contributed by atoms with Crippen LogP contribution < -0.4 is 11.5 Å². The Bertz CT molecular complexity index is 349. The predicted molar refractivity (Wildman–Crippen MR) is 46.7 cm³/mol. The van der Waals surface area contributed by atoms with Crippen LogP contribution in [0.3, 0.4) is 0 Å². The molecule has 0 aromatic rings. The first-order chi connectivity index (χ1) is 6.38. The average molecular weight is 199 g/mol. The summed E-state index contributed by atoms with van der Waals surface area (Å²) in [7, 11) is 0. The van der Waals surface area contributed by atoms with Gasteiger partial charge in [-0.15, -0.1) is 0 Å². The van der Waals surface area contributed by atoms with E-state index < -0.39 is 22.5 Å². The number of hydrogen-bond acceptors (Lipinski definition) is 5. The highest BCUT2D eigenvalue weighted by atomic mass is 16.6. The summed E-state index contributed by atoms with van der Waals surface area (Å²) in [6, 6.07) is -1.11. The lowest BCUT2D eigenvalue weighted by atomic mass is 9.87. The summed E-state index contributed by atoms with van der Waals surface area (Å²) in [6.07, 6.45) is 3.09. The van der Waals surface area contributed by atoms with E-state index in [4.69, 9.17) is 16.6 Å². The fourth-order valence-corrected chi connectivity index (χ4v) is 1.05. The maximum Gasteiger partial charge on any atom is 0.329 e. The fraction of sp³-hybridized carbons (Fsp3) is 0.286. The monoisotopic (exact) mass is 199 g/mol. The zero-order chi connectivity index (χ0) is 10.9. The first-order valence-electron chi connectivity index (χ1n) is 3.71. The number of allylic oxidation sites excluding steroid dienone is 1. The number of rotatable bonds is 2. The zero-order valence-electron chi connectivity index (χ0n) is 7.08. The van der Waals surface area contributed by atoms with Crippen LogP contribution in [-0.4, -0.2) is 27.6 Å². The largest absolute Gasteiger partial charge is 0.480 e. The minimum Gasteiger partial charge on any atom is -0.480 e. The van der Waals surface area contributed by atoms with Crippen molar-refractivity contribution in [3.63, 3.8) is 0 Å². The summed E-state index contributed by atoms with van der Waals surface area (Å²) < 4.78 is 0. The maximum absolute atomic E-state index is 10.7. The summed E-state index contributed by atoms with van der Waals surface area (Å²) >= 11 is 0. The molecular weight excluding hydrogens is 190 g/mol. The molecule has 0 aromatic heterocycles. The van der Waals surface area contributed by atoms with E-state index in [1.807, 2.05) is 0 Å². The molecule has 0 heterocycles. The van der Waals surface area contributed by atoms with Gasteiger partial charge in [-0.2, -0.15) is 0 Å². The molecule has 2 atom stereocenters. The highest BCUT2D eigenvalue weighted by Crippen LogP contribution is 2.18. The molecular formula is C7H9N3O4. The fourth-order valence-electron chi connectivity index (χ4n) is 1.05. The molecule has 0 amide bonds. The van der Waals surface area contributed by atoms with E-state index in [1.54, 1.807) is 0 Å². The smallest absolute Gasteiger partial charge is 0.329 e. The van der Waals surface area contributed by atoms with Crippen molar-refractivity contribution in [2.24, 2.45) is 11.5 Å². The van der Waals surface area contributed by atoms with Gasteiger partial charge in [0, 0.05) is 12.2 Å². The van der Waals surface area contributed by atoms with Gasteiger partial charge in [-0.05, 0) is 6.08 Å². The molecule has 1 rings (SSSR count). The van der Waals surface area contributed by atoms with Gasteiger partial charge >= 0.3 is 5.97 Å². The number of nitrogens with two attached hydrogens (primary N) is 2. The lowest BCUT2D eigenvalue weighted by Crippen LogP contribution is -2.59. The molecule has 7 heteroatoms. The first kappa shape index (κ1) is 10.4. The number of nitro groups is 1. The quantitative estimate of drug-likeness (QED) is 0.379. The van der Waals surface area contributed by atoms with Crippen molar-refractivity contribution in [2.45, 2.75) is 11.6 Å². The second kappa shape index (κ2) is 3.20. The van der Waals surface area contributed by atoms with Crippen molar-refractivity contribution in [3.05, 3.63) is 34.0 Å². The van der Waals surface area contributed by atoms with Crippen LogP contribution in [0.15, 0.2) is 23.9 Å². The predicted octanol–water partition coefficient (Wildman–Crippen LogP) is -1.17. The SMILES string of the molecule is NC1C=C([N+](=O)[O-])C=CC1(N)C(=O)O. The molecule has 7 nitrogen and oxygen atoms in total. The van der Waals surface area contributed by atoms with Gasteiger partial charge in [0.1, 0.15) is 0 Å². The zero-order valence-corrected chi connectivity index (χ0v) is 7.08. The van der Waals surface area contributed by atoms with Crippen molar-refractivity contribution in [1.29, 1.82) is 0 Å². The van der Waals surface area contributed by atoms with E-state index in [1.165, 1.54) is 0 Å². The normalized spacial score (nSPS) is 31.0. The molecule has 0 saturated heterocycles. The lowest BCUT2D eigenvalue weighted by Gasteiger charge is -2.27. The standard InChI is InChI=1S/C7H9N3O4/c8-5-3-4(10(13)14)1-2-7(5,9)6(11)12/h1-3,5H,8-9H2,(H,11,12). The van der Waals surface area contributed by atoms with E-state index >= 15 is 0 Å². The van der Waals surface area contributed by atoms with Crippen molar-refractivity contribution < 1.29 is 14.8 Å². The second-order valence-electron chi connectivity index (χ2n) is 2.95. The van der Waals surface area contributed by atoms with Gasteiger partial charge in [0.05, 0.1) is 11.0 Å². The minimum absolute atomic E-state index is 0.250. The Morgan fingerprint density at radius 3 is 2.64 bits per heavy atom. The van der Waals surface area contributed by atoms with Crippen LogP contribution in [0, 0.1) is 10.1 Å². The molecule has 0 aliphatic heterocycles.